The third-order valence-corrected chi connectivity index (χ3v) is 5.60. The van der Waals surface area contributed by atoms with Gasteiger partial charge in [0.1, 0.15) is 10.6 Å². The largest absolute Gasteiger partial charge is 0.459 e. The van der Waals surface area contributed by atoms with Gasteiger partial charge in [0.05, 0.1) is 5.69 Å². The molecule has 1 saturated heterocycles. The maximum atomic E-state index is 12.9. The molecule has 6 heteroatoms. The zero-order valence-electron chi connectivity index (χ0n) is 13.7. The minimum atomic E-state index is 0.0141. The van der Waals surface area contributed by atoms with Crippen LogP contribution >= 0.6 is 11.3 Å². The predicted molar refractivity (Wildman–Crippen MR) is 89.6 cm³/mol. The number of aliphatic hydroxyl groups excluding tert-OH is 1. The van der Waals surface area contributed by atoms with Crippen molar-refractivity contribution in [2.45, 2.75) is 39.7 Å². The number of hydrogen-bond donors (Lipinski definition) is 1. The molecule has 1 amide bonds. The van der Waals surface area contributed by atoms with Crippen LogP contribution in [0.4, 0.5) is 0 Å². The van der Waals surface area contributed by atoms with Gasteiger partial charge in [-0.2, -0.15) is 0 Å². The Bertz CT molecular complexity index is 707. The summed E-state index contributed by atoms with van der Waals surface area (Å²) in [6, 6.07) is 3.97. The average Bonchev–Trinajstić information content (AvgIpc) is 3.13. The van der Waals surface area contributed by atoms with Gasteiger partial charge in [-0.3, -0.25) is 4.79 Å². The van der Waals surface area contributed by atoms with E-state index in [1.807, 2.05) is 30.9 Å². The number of piperidine rings is 1. The highest BCUT2D eigenvalue weighted by atomic mass is 32.1. The van der Waals surface area contributed by atoms with Crippen molar-refractivity contribution in [2.75, 3.05) is 13.2 Å². The van der Waals surface area contributed by atoms with Gasteiger partial charge in [-0.15, -0.1) is 11.3 Å². The van der Waals surface area contributed by atoms with Crippen LogP contribution in [-0.2, 0) is 0 Å². The van der Waals surface area contributed by atoms with E-state index in [4.69, 9.17) is 4.42 Å². The number of likely N-dealkylation sites (tertiary alicyclic amines) is 1. The molecule has 0 saturated carbocycles. The SMILES string of the molecule is Cc1ccc(-c2nc(C)c(C(=O)N3CC(CO)CCC3C)s2)o1. The third-order valence-electron chi connectivity index (χ3n) is 4.44. The topological polar surface area (TPSA) is 66.6 Å². The van der Waals surface area contributed by atoms with Crippen LogP contribution in [0.2, 0.25) is 0 Å². The van der Waals surface area contributed by atoms with Gasteiger partial charge in [-0.1, -0.05) is 0 Å². The van der Waals surface area contributed by atoms with Crippen LogP contribution < -0.4 is 0 Å². The molecule has 0 bridgehead atoms. The minimum absolute atomic E-state index is 0.0141. The smallest absolute Gasteiger partial charge is 0.266 e. The van der Waals surface area contributed by atoms with E-state index in [2.05, 4.69) is 11.9 Å². The van der Waals surface area contributed by atoms with E-state index in [1.165, 1.54) is 11.3 Å². The maximum Gasteiger partial charge on any atom is 0.266 e. The molecule has 0 aromatic carbocycles. The summed E-state index contributed by atoms with van der Waals surface area (Å²) in [5.74, 6) is 1.72. The molecule has 2 aromatic heterocycles. The van der Waals surface area contributed by atoms with Gasteiger partial charge in [0, 0.05) is 19.2 Å². The molecule has 2 unspecified atom stereocenters. The Morgan fingerprint density at radius 2 is 2.22 bits per heavy atom. The van der Waals surface area contributed by atoms with Gasteiger partial charge >= 0.3 is 0 Å². The zero-order chi connectivity index (χ0) is 16.6. The Labute approximate surface area is 140 Å². The molecule has 124 valence electrons. The van der Waals surface area contributed by atoms with E-state index in [0.717, 1.165) is 29.3 Å². The molecule has 1 aliphatic heterocycles. The minimum Gasteiger partial charge on any atom is -0.459 e. The lowest BCUT2D eigenvalue weighted by Crippen LogP contribution is -2.46. The molecule has 1 fully saturated rings. The van der Waals surface area contributed by atoms with Gasteiger partial charge in [0.15, 0.2) is 10.8 Å². The third kappa shape index (κ3) is 3.19. The monoisotopic (exact) mass is 334 g/mol. The van der Waals surface area contributed by atoms with E-state index in [0.29, 0.717) is 17.2 Å². The average molecular weight is 334 g/mol. The lowest BCUT2D eigenvalue weighted by Gasteiger charge is -2.37. The van der Waals surface area contributed by atoms with Crippen molar-refractivity contribution in [2.24, 2.45) is 5.92 Å². The molecule has 1 aliphatic rings. The Morgan fingerprint density at radius 3 is 2.87 bits per heavy atom. The first-order valence-electron chi connectivity index (χ1n) is 7.95. The molecule has 1 N–H and O–H groups in total. The Balaban J connectivity index is 1.86. The first kappa shape index (κ1) is 16.2. The van der Waals surface area contributed by atoms with Crippen molar-refractivity contribution < 1.29 is 14.3 Å². The second kappa shape index (κ2) is 6.45. The van der Waals surface area contributed by atoms with E-state index in [9.17, 15) is 9.90 Å². The molecular formula is C17H22N2O3S. The van der Waals surface area contributed by atoms with Gasteiger partial charge in [-0.25, -0.2) is 4.98 Å². The van der Waals surface area contributed by atoms with Crippen LogP contribution in [0.15, 0.2) is 16.5 Å². The van der Waals surface area contributed by atoms with E-state index < -0.39 is 0 Å². The summed E-state index contributed by atoms with van der Waals surface area (Å²) in [5.41, 5.74) is 0.738. The summed E-state index contributed by atoms with van der Waals surface area (Å²) < 4.78 is 5.61. The first-order chi connectivity index (χ1) is 11.0. The van der Waals surface area contributed by atoms with Crippen LogP contribution in [-0.4, -0.2) is 40.1 Å². The number of aryl methyl sites for hydroxylation is 2. The summed E-state index contributed by atoms with van der Waals surface area (Å²) in [7, 11) is 0. The van der Waals surface area contributed by atoms with E-state index in [-0.39, 0.29) is 24.5 Å². The molecular weight excluding hydrogens is 312 g/mol. The molecule has 0 spiro atoms. The molecule has 0 aliphatic carbocycles. The molecule has 5 nitrogen and oxygen atoms in total. The lowest BCUT2D eigenvalue weighted by atomic mass is 9.94. The van der Waals surface area contributed by atoms with Crippen molar-refractivity contribution in [3.63, 3.8) is 0 Å². The Kier molecular flexibility index (Phi) is 4.55. The van der Waals surface area contributed by atoms with Gasteiger partial charge in [0.25, 0.3) is 5.91 Å². The fourth-order valence-corrected chi connectivity index (χ4v) is 3.98. The van der Waals surface area contributed by atoms with Gasteiger partial charge < -0.3 is 14.4 Å². The fraction of sp³-hybridized carbons (Fsp3) is 0.529. The molecule has 2 atom stereocenters. The second-order valence-electron chi connectivity index (χ2n) is 6.28. The van der Waals surface area contributed by atoms with Crippen molar-refractivity contribution in [1.29, 1.82) is 0 Å². The van der Waals surface area contributed by atoms with Crippen LogP contribution in [0.3, 0.4) is 0 Å². The van der Waals surface area contributed by atoms with Gasteiger partial charge in [0.2, 0.25) is 0 Å². The predicted octanol–water partition coefficient (Wildman–Crippen LogP) is 3.25. The van der Waals surface area contributed by atoms with Crippen LogP contribution in [0.1, 0.15) is 40.9 Å². The number of thiazole rings is 1. The van der Waals surface area contributed by atoms with E-state index in [1.54, 1.807) is 0 Å². The molecule has 3 heterocycles. The number of carbonyl (C=O) groups excluding carboxylic acids is 1. The van der Waals surface area contributed by atoms with Crippen molar-refractivity contribution in [3.8, 4) is 10.8 Å². The van der Waals surface area contributed by atoms with E-state index >= 15 is 0 Å². The number of furan rings is 1. The van der Waals surface area contributed by atoms with Crippen molar-refractivity contribution >= 4 is 17.2 Å². The standard InChI is InChI=1S/C17H22N2O3S/c1-10-4-6-13(9-20)8-19(10)17(21)15-12(3)18-16(23-15)14-7-5-11(2)22-14/h5,7,10,13,20H,4,6,8-9H2,1-3H3. The van der Waals surface area contributed by atoms with Crippen molar-refractivity contribution in [1.82, 2.24) is 9.88 Å². The quantitative estimate of drug-likeness (QED) is 0.935. The number of aromatic nitrogens is 1. The number of amides is 1. The lowest BCUT2D eigenvalue weighted by molar-refractivity contribution is 0.0492. The molecule has 0 radical (unpaired) electrons. The van der Waals surface area contributed by atoms with Crippen molar-refractivity contribution in [3.05, 3.63) is 28.5 Å². The van der Waals surface area contributed by atoms with Crippen LogP contribution in [0.25, 0.3) is 10.8 Å². The van der Waals surface area contributed by atoms with Crippen LogP contribution in [0.5, 0.6) is 0 Å². The van der Waals surface area contributed by atoms with Crippen LogP contribution in [0, 0.1) is 19.8 Å². The fourth-order valence-electron chi connectivity index (χ4n) is 2.99. The molecule has 2 aromatic rings. The number of aliphatic hydroxyl groups is 1. The Hall–Kier alpha value is -1.66. The number of hydrogen-bond acceptors (Lipinski definition) is 5. The highest BCUT2D eigenvalue weighted by Crippen LogP contribution is 2.32. The normalized spacial score (nSPS) is 21.7. The highest BCUT2D eigenvalue weighted by Gasteiger charge is 2.31. The zero-order valence-corrected chi connectivity index (χ0v) is 14.5. The second-order valence-corrected chi connectivity index (χ2v) is 7.28. The number of nitrogens with zero attached hydrogens (tertiary/aromatic N) is 2. The number of carbonyl (C=O) groups is 1. The maximum absolute atomic E-state index is 12.9. The molecule has 3 rings (SSSR count). The molecule has 23 heavy (non-hydrogen) atoms. The summed E-state index contributed by atoms with van der Waals surface area (Å²) >= 11 is 1.38. The van der Waals surface area contributed by atoms with Gasteiger partial charge in [-0.05, 0) is 51.7 Å². The number of rotatable bonds is 3. The summed E-state index contributed by atoms with van der Waals surface area (Å²) in [4.78, 5) is 20.0. The highest BCUT2D eigenvalue weighted by molar-refractivity contribution is 7.17. The summed E-state index contributed by atoms with van der Waals surface area (Å²) in [6.45, 7) is 6.57. The summed E-state index contributed by atoms with van der Waals surface area (Å²) in [6.07, 6.45) is 1.90. The first-order valence-corrected chi connectivity index (χ1v) is 8.77. The Morgan fingerprint density at radius 1 is 1.43 bits per heavy atom. The summed E-state index contributed by atoms with van der Waals surface area (Å²) in [5, 5.41) is 10.1.